The fourth-order valence-electron chi connectivity index (χ4n) is 2.24. The Bertz CT molecular complexity index is 388. The summed E-state index contributed by atoms with van der Waals surface area (Å²) in [5, 5.41) is 5.39. The summed E-state index contributed by atoms with van der Waals surface area (Å²) in [6.45, 7) is 4.81. The van der Waals surface area contributed by atoms with Crippen molar-refractivity contribution in [1.82, 2.24) is 10.2 Å². The molecule has 18 heavy (non-hydrogen) atoms. The minimum Gasteiger partial charge on any atom is -0.340 e. The van der Waals surface area contributed by atoms with Gasteiger partial charge in [0.1, 0.15) is 0 Å². The van der Waals surface area contributed by atoms with E-state index < -0.39 is 0 Å². The topological polar surface area (TPSA) is 32.3 Å². The highest BCUT2D eigenvalue weighted by atomic mass is 35.5. The van der Waals surface area contributed by atoms with Gasteiger partial charge in [0.05, 0.1) is 6.54 Å². The number of carbonyl (C=O) groups excluding carboxylic acids is 1. The van der Waals surface area contributed by atoms with E-state index in [-0.39, 0.29) is 18.3 Å². The second-order valence-electron chi connectivity index (χ2n) is 4.75. The Morgan fingerprint density at radius 3 is 2.72 bits per heavy atom. The lowest BCUT2D eigenvalue weighted by Gasteiger charge is -2.26. The highest BCUT2D eigenvalue weighted by Crippen LogP contribution is 2.20. The molecule has 1 amide bonds. The number of amides is 1. The van der Waals surface area contributed by atoms with Crippen LogP contribution in [0.2, 0.25) is 0 Å². The van der Waals surface area contributed by atoms with Crippen LogP contribution in [0.1, 0.15) is 23.3 Å². The van der Waals surface area contributed by atoms with E-state index in [4.69, 9.17) is 0 Å². The molecule has 0 unspecified atom stereocenters. The van der Waals surface area contributed by atoms with Gasteiger partial charge in [-0.15, -0.1) is 23.7 Å². The Morgan fingerprint density at radius 1 is 1.50 bits per heavy atom. The van der Waals surface area contributed by atoms with Crippen LogP contribution < -0.4 is 5.32 Å². The third-order valence-electron chi connectivity index (χ3n) is 3.41. The van der Waals surface area contributed by atoms with Crippen molar-refractivity contribution in [3.8, 4) is 0 Å². The van der Waals surface area contributed by atoms with E-state index in [0.29, 0.717) is 5.91 Å². The molecule has 1 fully saturated rings. The maximum absolute atomic E-state index is 12.2. The van der Waals surface area contributed by atoms with Crippen LogP contribution in [0.15, 0.2) is 11.4 Å². The van der Waals surface area contributed by atoms with Gasteiger partial charge in [0.15, 0.2) is 0 Å². The van der Waals surface area contributed by atoms with E-state index in [0.717, 1.165) is 32.5 Å². The SMILES string of the molecule is Cc1ccsc1CN(C)C(=O)C1CCNCC1.Cl. The normalized spacial score (nSPS) is 16.1. The monoisotopic (exact) mass is 288 g/mol. The molecule has 0 radical (unpaired) electrons. The summed E-state index contributed by atoms with van der Waals surface area (Å²) >= 11 is 1.74. The molecule has 1 aliphatic heterocycles. The molecule has 0 spiro atoms. The molecule has 5 heteroatoms. The summed E-state index contributed by atoms with van der Waals surface area (Å²) in [6, 6.07) is 2.11. The molecule has 1 aromatic rings. The second-order valence-corrected chi connectivity index (χ2v) is 5.75. The fraction of sp³-hybridized carbons (Fsp3) is 0.615. The molecule has 0 aromatic carbocycles. The fourth-order valence-corrected chi connectivity index (χ4v) is 3.20. The van der Waals surface area contributed by atoms with Crippen LogP contribution in [-0.4, -0.2) is 30.9 Å². The van der Waals surface area contributed by atoms with Crippen LogP contribution in [0.3, 0.4) is 0 Å². The number of thiophene rings is 1. The summed E-state index contributed by atoms with van der Waals surface area (Å²) in [7, 11) is 1.92. The number of nitrogens with zero attached hydrogens (tertiary/aromatic N) is 1. The van der Waals surface area contributed by atoms with Crippen molar-refractivity contribution in [1.29, 1.82) is 0 Å². The van der Waals surface area contributed by atoms with Gasteiger partial charge in [-0.3, -0.25) is 4.79 Å². The van der Waals surface area contributed by atoms with Crippen LogP contribution in [0, 0.1) is 12.8 Å². The third kappa shape index (κ3) is 3.70. The summed E-state index contributed by atoms with van der Waals surface area (Å²) in [5.74, 6) is 0.529. The van der Waals surface area contributed by atoms with Crippen molar-refractivity contribution >= 4 is 29.7 Å². The Kier molecular flexibility index (Phi) is 6.12. The van der Waals surface area contributed by atoms with Gasteiger partial charge in [0.25, 0.3) is 0 Å². The molecule has 1 aromatic heterocycles. The molecule has 0 atom stereocenters. The van der Waals surface area contributed by atoms with Gasteiger partial charge in [-0.05, 0) is 49.9 Å². The number of piperidine rings is 1. The zero-order valence-electron chi connectivity index (χ0n) is 10.9. The lowest BCUT2D eigenvalue weighted by Crippen LogP contribution is -2.38. The largest absolute Gasteiger partial charge is 0.340 e. The Balaban J connectivity index is 0.00000162. The predicted molar refractivity (Wildman–Crippen MR) is 78.4 cm³/mol. The first-order valence-corrected chi connectivity index (χ1v) is 7.05. The smallest absolute Gasteiger partial charge is 0.225 e. The lowest BCUT2D eigenvalue weighted by molar-refractivity contribution is -0.135. The van der Waals surface area contributed by atoms with Crippen molar-refractivity contribution in [2.45, 2.75) is 26.3 Å². The van der Waals surface area contributed by atoms with Gasteiger partial charge < -0.3 is 10.2 Å². The Hall–Kier alpha value is -0.580. The first-order chi connectivity index (χ1) is 8.18. The summed E-state index contributed by atoms with van der Waals surface area (Å²) < 4.78 is 0. The zero-order chi connectivity index (χ0) is 12.3. The first kappa shape index (κ1) is 15.5. The molecular formula is C13H21ClN2OS. The molecule has 1 N–H and O–H groups in total. The van der Waals surface area contributed by atoms with E-state index in [2.05, 4.69) is 23.7 Å². The standard InChI is InChI=1S/C13H20N2OS.ClH/c1-10-5-8-17-12(10)9-15(2)13(16)11-3-6-14-7-4-11;/h5,8,11,14H,3-4,6-7,9H2,1-2H3;1H. The van der Waals surface area contributed by atoms with Gasteiger partial charge in [-0.25, -0.2) is 0 Å². The number of hydrogen-bond acceptors (Lipinski definition) is 3. The van der Waals surface area contributed by atoms with Gasteiger partial charge in [-0.1, -0.05) is 0 Å². The van der Waals surface area contributed by atoms with Gasteiger partial charge in [-0.2, -0.15) is 0 Å². The average Bonchev–Trinajstić information content (AvgIpc) is 2.75. The molecule has 0 aliphatic carbocycles. The van der Waals surface area contributed by atoms with Gasteiger partial charge >= 0.3 is 0 Å². The highest BCUT2D eigenvalue weighted by molar-refractivity contribution is 7.10. The quantitative estimate of drug-likeness (QED) is 0.926. The third-order valence-corrected chi connectivity index (χ3v) is 4.42. The summed E-state index contributed by atoms with van der Waals surface area (Å²) in [5.41, 5.74) is 1.29. The lowest BCUT2D eigenvalue weighted by atomic mass is 9.97. The number of carbonyl (C=O) groups is 1. The van der Waals surface area contributed by atoms with Gasteiger partial charge in [0.2, 0.25) is 5.91 Å². The van der Waals surface area contributed by atoms with Crippen molar-refractivity contribution in [2.75, 3.05) is 20.1 Å². The zero-order valence-corrected chi connectivity index (χ0v) is 12.6. The average molecular weight is 289 g/mol. The Labute approximate surface area is 119 Å². The minimum atomic E-state index is 0. The first-order valence-electron chi connectivity index (χ1n) is 6.17. The van der Waals surface area contributed by atoms with Crippen molar-refractivity contribution in [3.05, 3.63) is 21.9 Å². The molecule has 102 valence electrons. The van der Waals surface area contributed by atoms with Crippen LogP contribution >= 0.6 is 23.7 Å². The molecule has 1 aliphatic rings. The number of nitrogens with one attached hydrogen (secondary N) is 1. The molecular weight excluding hydrogens is 268 g/mol. The van der Waals surface area contributed by atoms with Crippen LogP contribution in [-0.2, 0) is 11.3 Å². The van der Waals surface area contributed by atoms with Crippen molar-refractivity contribution < 1.29 is 4.79 Å². The number of rotatable bonds is 3. The highest BCUT2D eigenvalue weighted by Gasteiger charge is 2.24. The maximum Gasteiger partial charge on any atom is 0.225 e. The summed E-state index contributed by atoms with van der Waals surface area (Å²) in [6.07, 6.45) is 1.96. The maximum atomic E-state index is 12.2. The van der Waals surface area contributed by atoms with E-state index in [1.54, 1.807) is 11.3 Å². The minimum absolute atomic E-state index is 0. The molecule has 2 heterocycles. The number of hydrogen-bond donors (Lipinski definition) is 1. The van der Waals surface area contributed by atoms with E-state index in [9.17, 15) is 4.79 Å². The summed E-state index contributed by atoms with van der Waals surface area (Å²) in [4.78, 5) is 15.4. The predicted octanol–water partition coefficient (Wildman–Crippen LogP) is 2.44. The molecule has 0 bridgehead atoms. The van der Waals surface area contributed by atoms with E-state index in [1.807, 2.05) is 11.9 Å². The van der Waals surface area contributed by atoms with Crippen LogP contribution in [0.25, 0.3) is 0 Å². The van der Waals surface area contributed by atoms with Crippen LogP contribution in [0.4, 0.5) is 0 Å². The number of aryl methyl sites for hydroxylation is 1. The van der Waals surface area contributed by atoms with Crippen molar-refractivity contribution in [3.63, 3.8) is 0 Å². The molecule has 3 nitrogen and oxygen atoms in total. The second kappa shape index (κ2) is 7.12. The molecule has 2 rings (SSSR count). The van der Waals surface area contributed by atoms with Crippen LogP contribution in [0.5, 0.6) is 0 Å². The van der Waals surface area contributed by atoms with Gasteiger partial charge in [0, 0.05) is 17.8 Å². The number of halogens is 1. The molecule has 1 saturated heterocycles. The Morgan fingerprint density at radius 2 is 2.17 bits per heavy atom. The van der Waals surface area contributed by atoms with Crippen molar-refractivity contribution in [2.24, 2.45) is 5.92 Å². The molecule has 0 saturated carbocycles. The van der Waals surface area contributed by atoms with E-state index >= 15 is 0 Å². The van der Waals surface area contributed by atoms with E-state index in [1.165, 1.54) is 10.4 Å².